The summed E-state index contributed by atoms with van der Waals surface area (Å²) in [6.07, 6.45) is 1.36. The third-order valence-electron chi connectivity index (χ3n) is 5.44. The topological polar surface area (TPSA) is 142 Å². The van der Waals surface area contributed by atoms with Crippen molar-refractivity contribution in [1.29, 1.82) is 0 Å². The molecule has 0 aliphatic carbocycles. The number of hydrogen-bond acceptors (Lipinski definition) is 7. The van der Waals surface area contributed by atoms with Crippen LogP contribution in [0.15, 0.2) is 66.2 Å². The zero-order chi connectivity index (χ0) is 27.4. The second-order valence-corrected chi connectivity index (χ2v) is 9.19. The molecule has 0 bridgehead atoms. The lowest BCUT2D eigenvalue weighted by atomic mass is 10.1. The number of hydrogen-bond donors (Lipinski definition) is 3. The number of ether oxygens (including phenoxy) is 2. The minimum absolute atomic E-state index is 0.0388. The number of amides is 4. The van der Waals surface area contributed by atoms with Gasteiger partial charge in [0.25, 0.3) is 11.8 Å². The van der Waals surface area contributed by atoms with E-state index in [1.54, 1.807) is 31.2 Å². The number of nitrogens with zero attached hydrogens (tertiary/aromatic N) is 1. The van der Waals surface area contributed by atoms with Crippen LogP contribution < -0.4 is 19.7 Å². The van der Waals surface area contributed by atoms with Crippen LogP contribution in [-0.4, -0.2) is 40.6 Å². The molecule has 0 atom stereocenters. The van der Waals surface area contributed by atoms with Crippen LogP contribution in [0, 0.1) is 3.57 Å². The largest absolute Gasteiger partial charge is 0.508 e. The number of phenols is 1. The van der Waals surface area contributed by atoms with Crippen LogP contribution in [0.2, 0.25) is 0 Å². The Kier molecular flexibility index (Phi) is 7.96. The van der Waals surface area contributed by atoms with Crippen LogP contribution in [0.25, 0.3) is 6.08 Å². The minimum atomic E-state index is -1.02. The lowest BCUT2D eigenvalue weighted by Gasteiger charge is -2.26. The van der Waals surface area contributed by atoms with E-state index in [0.29, 0.717) is 27.2 Å². The predicted molar refractivity (Wildman–Crippen MR) is 145 cm³/mol. The van der Waals surface area contributed by atoms with Gasteiger partial charge < -0.3 is 19.7 Å². The maximum Gasteiger partial charge on any atom is 0.335 e. The highest BCUT2D eigenvalue weighted by molar-refractivity contribution is 14.1. The first-order chi connectivity index (χ1) is 18.2. The fourth-order valence-electron chi connectivity index (χ4n) is 3.63. The van der Waals surface area contributed by atoms with Crippen LogP contribution in [-0.2, 0) is 16.2 Å². The Morgan fingerprint density at radius 3 is 2.34 bits per heavy atom. The minimum Gasteiger partial charge on any atom is -0.508 e. The SMILES string of the molecule is CCOc1cc(/C=C2\C(=O)NC(=O)N(c3ccc(O)cc3)C2=O)cc(I)c1OCc1ccc(C(=O)O)cc1. The number of nitrogens with one attached hydrogen (secondary N) is 1. The number of carboxylic acid groups (broad SMARTS) is 1. The first-order valence-corrected chi connectivity index (χ1v) is 12.4. The summed E-state index contributed by atoms with van der Waals surface area (Å²) in [5, 5.41) is 20.7. The third kappa shape index (κ3) is 5.78. The van der Waals surface area contributed by atoms with Crippen LogP contribution >= 0.6 is 22.6 Å². The Morgan fingerprint density at radius 1 is 1.03 bits per heavy atom. The highest BCUT2D eigenvalue weighted by Crippen LogP contribution is 2.36. The van der Waals surface area contributed by atoms with Crippen molar-refractivity contribution in [2.75, 3.05) is 11.5 Å². The molecule has 0 radical (unpaired) electrons. The maximum absolute atomic E-state index is 13.1. The van der Waals surface area contributed by atoms with Crippen molar-refractivity contribution in [2.45, 2.75) is 13.5 Å². The maximum atomic E-state index is 13.1. The molecular formula is C27H21IN2O8. The molecular weight excluding hydrogens is 607 g/mol. The summed E-state index contributed by atoms with van der Waals surface area (Å²) in [6, 6.07) is 14.1. The molecule has 10 nitrogen and oxygen atoms in total. The highest BCUT2D eigenvalue weighted by atomic mass is 127. The molecule has 0 saturated carbocycles. The molecule has 1 aliphatic heterocycles. The van der Waals surface area contributed by atoms with Gasteiger partial charge in [0.05, 0.1) is 21.4 Å². The molecule has 4 rings (SSSR count). The molecule has 0 aromatic heterocycles. The van der Waals surface area contributed by atoms with E-state index in [9.17, 15) is 24.3 Å². The van der Waals surface area contributed by atoms with Gasteiger partial charge in [-0.25, -0.2) is 14.5 Å². The highest BCUT2D eigenvalue weighted by Gasteiger charge is 2.36. The molecule has 1 aliphatic rings. The fourth-order valence-corrected chi connectivity index (χ4v) is 4.41. The molecule has 3 aromatic carbocycles. The average Bonchev–Trinajstić information content (AvgIpc) is 2.87. The number of barbiturate groups is 1. The van der Waals surface area contributed by atoms with E-state index in [2.05, 4.69) is 5.32 Å². The van der Waals surface area contributed by atoms with E-state index in [4.69, 9.17) is 14.6 Å². The number of benzene rings is 3. The van der Waals surface area contributed by atoms with Crippen LogP contribution in [0.3, 0.4) is 0 Å². The fraction of sp³-hybridized carbons (Fsp3) is 0.111. The number of aromatic carboxylic acids is 1. The van der Waals surface area contributed by atoms with Crippen molar-refractivity contribution in [3.05, 3.63) is 86.5 Å². The summed E-state index contributed by atoms with van der Waals surface area (Å²) in [7, 11) is 0. The quantitative estimate of drug-likeness (QED) is 0.190. The van der Waals surface area contributed by atoms with Gasteiger partial charge in [0, 0.05) is 0 Å². The Balaban J connectivity index is 1.62. The summed E-state index contributed by atoms with van der Waals surface area (Å²) < 4.78 is 12.4. The van der Waals surface area contributed by atoms with Gasteiger partial charge in [0.15, 0.2) is 11.5 Å². The van der Waals surface area contributed by atoms with Crippen molar-refractivity contribution in [3.63, 3.8) is 0 Å². The monoisotopic (exact) mass is 628 g/mol. The average molecular weight is 628 g/mol. The van der Waals surface area contributed by atoms with Crippen molar-refractivity contribution in [1.82, 2.24) is 5.32 Å². The number of halogens is 1. The number of carboxylic acids is 1. The molecule has 1 heterocycles. The standard InChI is InChI=1S/C27H21IN2O8/c1-2-37-22-13-16(12-21(28)23(22)38-14-15-3-5-17(6-4-15)26(34)35)11-20-24(32)29-27(36)30(25(20)33)18-7-9-19(31)10-8-18/h3-13,31H,2,14H2,1H3,(H,34,35)(H,29,32,36)/b20-11+. The number of rotatable bonds is 8. The van der Waals surface area contributed by atoms with E-state index in [0.717, 1.165) is 10.5 Å². The molecule has 3 N–H and O–H groups in total. The van der Waals surface area contributed by atoms with Gasteiger partial charge in [-0.1, -0.05) is 12.1 Å². The zero-order valence-corrected chi connectivity index (χ0v) is 22.1. The number of carbonyl (C=O) groups is 4. The summed E-state index contributed by atoms with van der Waals surface area (Å²) in [6.45, 7) is 2.27. The zero-order valence-electron chi connectivity index (χ0n) is 19.9. The summed E-state index contributed by atoms with van der Waals surface area (Å²) in [4.78, 5) is 50.0. The third-order valence-corrected chi connectivity index (χ3v) is 6.24. The molecule has 1 fully saturated rings. The van der Waals surface area contributed by atoms with E-state index in [1.807, 2.05) is 22.6 Å². The number of imide groups is 2. The van der Waals surface area contributed by atoms with Gasteiger partial charge in [0.2, 0.25) is 0 Å². The molecule has 0 spiro atoms. The molecule has 194 valence electrons. The molecule has 3 aromatic rings. The van der Waals surface area contributed by atoms with Crippen molar-refractivity contribution in [3.8, 4) is 17.2 Å². The van der Waals surface area contributed by atoms with E-state index in [-0.39, 0.29) is 29.2 Å². The Morgan fingerprint density at radius 2 is 1.71 bits per heavy atom. The van der Waals surface area contributed by atoms with Gasteiger partial charge in [-0.3, -0.25) is 14.9 Å². The summed E-state index contributed by atoms with van der Waals surface area (Å²) in [5.41, 5.74) is 1.32. The number of carbonyl (C=O) groups excluding carboxylic acids is 3. The van der Waals surface area contributed by atoms with E-state index < -0.39 is 23.8 Å². The van der Waals surface area contributed by atoms with Crippen molar-refractivity contribution < 1.29 is 38.9 Å². The van der Waals surface area contributed by atoms with Crippen molar-refractivity contribution >= 4 is 58.2 Å². The van der Waals surface area contributed by atoms with Gasteiger partial charge >= 0.3 is 12.0 Å². The number of anilines is 1. The lowest BCUT2D eigenvalue weighted by Crippen LogP contribution is -2.54. The van der Waals surface area contributed by atoms with Gasteiger partial charge in [-0.05, 0) is 95.2 Å². The Labute approximate surface area is 230 Å². The van der Waals surface area contributed by atoms with E-state index >= 15 is 0 Å². The van der Waals surface area contributed by atoms with Gasteiger partial charge in [-0.15, -0.1) is 0 Å². The van der Waals surface area contributed by atoms with E-state index in [1.165, 1.54) is 42.5 Å². The Hall–Kier alpha value is -4.39. The summed E-state index contributed by atoms with van der Waals surface area (Å²) >= 11 is 2.05. The number of urea groups is 1. The second kappa shape index (κ2) is 11.3. The van der Waals surface area contributed by atoms with Crippen LogP contribution in [0.5, 0.6) is 17.2 Å². The molecule has 0 unspecified atom stereocenters. The lowest BCUT2D eigenvalue weighted by molar-refractivity contribution is -0.122. The predicted octanol–water partition coefficient (Wildman–Crippen LogP) is 4.34. The number of aromatic hydroxyl groups is 1. The van der Waals surface area contributed by atoms with Crippen molar-refractivity contribution in [2.24, 2.45) is 0 Å². The summed E-state index contributed by atoms with van der Waals surface area (Å²) in [5.74, 6) is -1.89. The normalized spacial score (nSPS) is 14.4. The first-order valence-electron chi connectivity index (χ1n) is 11.3. The second-order valence-electron chi connectivity index (χ2n) is 8.03. The van der Waals surface area contributed by atoms with Crippen LogP contribution in [0.1, 0.15) is 28.4 Å². The smallest absolute Gasteiger partial charge is 0.335 e. The molecule has 1 saturated heterocycles. The molecule has 38 heavy (non-hydrogen) atoms. The van der Waals surface area contributed by atoms with Gasteiger partial charge in [-0.2, -0.15) is 0 Å². The molecule has 4 amide bonds. The Bertz CT molecular complexity index is 1450. The van der Waals surface area contributed by atoms with Gasteiger partial charge in [0.1, 0.15) is 17.9 Å². The number of phenolic OH excluding ortho intramolecular Hbond substituents is 1. The first kappa shape index (κ1) is 26.7. The van der Waals surface area contributed by atoms with Crippen LogP contribution in [0.4, 0.5) is 10.5 Å². The molecule has 11 heteroatoms.